The summed E-state index contributed by atoms with van der Waals surface area (Å²) in [6.07, 6.45) is 0. The maximum absolute atomic E-state index is 13.6. The third kappa shape index (κ3) is 5.68. The molecule has 0 aliphatic carbocycles. The molecule has 0 saturated heterocycles. The molecule has 0 spiro atoms. The number of aryl methyl sites for hydroxylation is 1. The minimum atomic E-state index is -3.78. The van der Waals surface area contributed by atoms with Gasteiger partial charge in [0.25, 0.3) is 0 Å². The Balaban J connectivity index is 2.06. The number of benzene rings is 3. The first-order chi connectivity index (χ1) is 14.7. The molecule has 0 heterocycles. The summed E-state index contributed by atoms with van der Waals surface area (Å²) in [4.78, 5) is 0.246. The zero-order valence-electron chi connectivity index (χ0n) is 17.4. The predicted octanol–water partition coefficient (Wildman–Crippen LogP) is 5.93. The molecule has 0 aliphatic rings. The van der Waals surface area contributed by atoms with Gasteiger partial charge in [0, 0.05) is 22.0 Å². The van der Waals surface area contributed by atoms with Crippen molar-refractivity contribution in [3.63, 3.8) is 0 Å². The quantitative estimate of drug-likeness (QED) is 0.338. The van der Waals surface area contributed by atoms with Crippen LogP contribution in [0.15, 0.2) is 74.5 Å². The van der Waals surface area contributed by atoms with Gasteiger partial charge in [-0.1, -0.05) is 49.6 Å². The van der Waals surface area contributed by atoms with Crippen molar-refractivity contribution in [2.75, 3.05) is 14.2 Å². The lowest BCUT2D eigenvalue weighted by Gasteiger charge is -2.24. The SMILES string of the molecule is COc1ccc(Br)c(CN(Cc2cc(OC)ccc2Br)S(=O)(=O)c2ccc(C)cc2)c1. The average Bonchev–Trinajstić information content (AvgIpc) is 2.76. The number of halogens is 2. The Morgan fingerprint density at radius 2 is 1.23 bits per heavy atom. The van der Waals surface area contributed by atoms with E-state index in [4.69, 9.17) is 9.47 Å². The van der Waals surface area contributed by atoms with E-state index in [0.29, 0.717) is 11.5 Å². The molecule has 3 rings (SSSR count). The molecule has 0 radical (unpaired) electrons. The highest BCUT2D eigenvalue weighted by molar-refractivity contribution is 9.10. The van der Waals surface area contributed by atoms with E-state index in [1.807, 2.05) is 43.3 Å². The van der Waals surface area contributed by atoms with E-state index in [9.17, 15) is 8.42 Å². The van der Waals surface area contributed by atoms with Crippen molar-refractivity contribution in [2.45, 2.75) is 24.9 Å². The highest BCUT2D eigenvalue weighted by Crippen LogP contribution is 2.30. The van der Waals surface area contributed by atoms with Crippen LogP contribution < -0.4 is 9.47 Å². The monoisotopic (exact) mass is 567 g/mol. The van der Waals surface area contributed by atoms with E-state index < -0.39 is 10.0 Å². The molecule has 5 nitrogen and oxygen atoms in total. The van der Waals surface area contributed by atoms with Gasteiger partial charge in [0.2, 0.25) is 10.0 Å². The molecular formula is C23H23Br2NO4S. The van der Waals surface area contributed by atoms with Gasteiger partial charge in [-0.3, -0.25) is 0 Å². The molecule has 3 aromatic carbocycles. The smallest absolute Gasteiger partial charge is 0.243 e. The van der Waals surface area contributed by atoms with Crippen molar-refractivity contribution < 1.29 is 17.9 Å². The number of rotatable bonds is 8. The summed E-state index contributed by atoms with van der Waals surface area (Å²) in [5.41, 5.74) is 2.60. The highest BCUT2D eigenvalue weighted by atomic mass is 79.9. The number of nitrogens with zero attached hydrogens (tertiary/aromatic N) is 1. The van der Waals surface area contributed by atoms with Gasteiger partial charge in [-0.2, -0.15) is 4.31 Å². The fraction of sp³-hybridized carbons (Fsp3) is 0.217. The predicted molar refractivity (Wildman–Crippen MR) is 129 cm³/mol. The normalized spacial score (nSPS) is 11.5. The average molecular weight is 569 g/mol. The van der Waals surface area contributed by atoms with Crippen LogP contribution in [0.4, 0.5) is 0 Å². The molecule has 3 aromatic rings. The zero-order valence-corrected chi connectivity index (χ0v) is 21.4. The minimum Gasteiger partial charge on any atom is -0.497 e. The summed E-state index contributed by atoms with van der Waals surface area (Å²) in [7, 11) is -0.608. The van der Waals surface area contributed by atoms with Gasteiger partial charge in [-0.15, -0.1) is 0 Å². The first kappa shape index (κ1) is 23.8. The molecule has 0 N–H and O–H groups in total. The Morgan fingerprint density at radius 1 is 0.774 bits per heavy atom. The van der Waals surface area contributed by atoms with Gasteiger partial charge in [-0.25, -0.2) is 8.42 Å². The second kappa shape index (κ2) is 10.2. The van der Waals surface area contributed by atoms with E-state index in [1.165, 1.54) is 4.31 Å². The van der Waals surface area contributed by atoms with Gasteiger partial charge < -0.3 is 9.47 Å². The maximum Gasteiger partial charge on any atom is 0.243 e. The Hall–Kier alpha value is -1.87. The fourth-order valence-corrected chi connectivity index (χ4v) is 5.20. The third-order valence-electron chi connectivity index (χ3n) is 4.86. The van der Waals surface area contributed by atoms with Crippen molar-refractivity contribution in [2.24, 2.45) is 0 Å². The minimum absolute atomic E-state index is 0.164. The third-order valence-corrected chi connectivity index (χ3v) is 8.21. The van der Waals surface area contributed by atoms with E-state index in [2.05, 4.69) is 31.9 Å². The first-order valence-corrected chi connectivity index (χ1v) is 12.5. The van der Waals surface area contributed by atoms with Crippen LogP contribution in [0.5, 0.6) is 11.5 Å². The molecular weight excluding hydrogens is 546 g/mol. The summed E-state index contributed by atoms with van der Waals surface area (Å²) in [5, 5.41) is 0. The van der Waals surface area contributed by atoms with Crippen LogP contribution in [-0.4, -0.2) is 26.9 Å². The second-order valence-electron chi connectivity index (χ2n) is 7.00. The lowest BCUT2D eigenvalue weighted by Crippen LogP contribution is -2.30. The lowest BCUT2D eigenvalue weighted by molar-refractivity contribution is 0.390. The number of hydrogen-bond donors (Lipinski definition) is 0. The number of methoxy groups -OCH3 is 2. The fourth-order valence-electron chi connectivity index (χ4n) is 3.06. The Morgan fingerprint density at radius 3 is 1.65 bits per heavy atom. The summed E-state index contributed by atoms with van der Waals surface area (Å²) in [5.74, 6) is 1.32. The van der Waals surface area contributed by atoms with E-state index in [0.717, 1.165) is 25.6 Å². The molecule has 0 amide bonds. The lowest BCUT2D eigenvalue weighted by atomic mass is 10.2. The van der Waals surface area contributed by atoms with E-state index in [-0.39, 0.29) is 18.0 Å². The Bertz CT molecular complexity index is 1110. The van der Waals surface area contributed by atoms with Crippen molar-refractivity contribution >= 4 is 41.9 Å². The number of hydrogen-bond acceptors (Lipinski definition) is 4. The van der Waals surface area contributed by atoms with Crippen molar-refractivity contribution in [3.05, 3.63) is 86.3 Å². The van der Waals surface area contributed by atoms with Crippen molar-refractivity contribution in [1.82, 2.24) is 4.31 Å². The van der Waals surface area contributed by atoms with Gasteiger partial charge >= 0.3 is 0 Å². The summed E-state index contributed by atoms with van der Waals surface area (Å²) < 4.78 is 41.0. The number of sulfonamides is 1. The second-order valence-corrected chi connectivity index (χ2v) is 10.6. The standard InChI is InChI=1S/C23H23Br2NO4S/c1-16-4-8-21(9-5-16)31(27,28)26(14-17-12-19(29-2)6-10-22(17)24)15-18-13-20(30-3)7-11-23(18)25/h4-13H,14-15H2,1-3H3. The molecule has 0 bridgehead atoms. The molecule has 0 atom stereocenters. The van der Waals surface area contributed by atoms with Gasteiger partial charge in [0.15, 0.2) is 0 Å². The van der Waals surface area contributed by atoms with Gasteiger partial charge in [0.1, 0.15) is 11.5 Å². The first-order valence-electron chi connectivity index (χ1n) is 9.46. The molecule has 164 valence electrons. The number of ether oxygens (including phenoxy) is 2. The maximum atomic E-state index is 13.6. The van der Waals surface area contributed by atoms with Crippen LogP contribution in [0.2, 0.25) is 0 Å². The summed E-state index contributed by atoms with van der Waals surface area (Å²) in [6, 6.07) is 17.9. The summed E-state index contributed by atoms with van der Waals surface area (Å²) >= 11 is 7.07. The van der Waals surface area contributed by atoms with Crippen LogP contribution in [0.3, 0.4) is 0 Å². The molecule has 0 saturated carbocycles. The molecule has 0 aliphatic heterocycles. The van der Waals surface area contributed by atoms with Crippen LogP contribution in [0.25, 0.3) is 0 Å². The van der Waals surface area contributed by atoms with Crippen LogP contribution in [0, 0.1) is 6.92 Å². The molecule has 0 aromatic heterocycles. The Kier molecular flexibility index (Phi) is 7.80. The van der Waals surface area contributed by atoms with Crippen molar-refractivity contribution in [3.8, 4) is 11.5 Å². The summed E-state index contributed by atoms with van der Waals surface area (Å²) in [6.45, 7) is 2.25. The van der Waals surface area contributed by atoms with Gasteiger partial charge in [0.05, 0.1) is 19.1 Å². The van der Waals surface area contributed by atoms with Gasteiger partial charge in [-0.05, 0) is 66.6 Å². The van der Waals surface area contributed by atoms with Crippen molar-refractivity contribution in [1.29, 1.82) is 0 Å². The zero-order chi connectivity index (χ0) is 22.6. The topological polar surface area (TPSA) is 55.8 Å². The van der Waals surface area contributed by atoms with E-state index in [1.54, 1.807) is 38.5 Å². The molecule has 31 heavy (non-hydrogen) atoms. The largest absolute Gasteiger partial charge is 0.497 e. The molecule has 0 unspecified atom stereocenters. The van der Waals surface area contributed by atoms with Crippen LogP contribution in [0.1, 0.15) is 16.7 Å². The van der Waals surface area contributed by atoms with Crippen LogP contribution >= 0.6 is 31.9 Å². The molecule has 0 fully saturated rings. The van der Waals surface area contributed by atoms with Crippen LogP contribution in [-0.2, 0) is 23.1 Å². The Labute approximate surface area is 200 Å². The highest BCUT2D eigenvalue weighted by Gasteiger charge is 2.26. The van der Waals surface area contributed by atoms with E-state index >= 15 is 0 Å². The molecule has 8 heteroatoms.